The van der Waals surface area contributed by atoms with Crippen molar-refractivity contribution in [2.24, 2.45) is 5.73 Å². The highest BCUT2D eigenvalue weighted by Crippen LogP contribution is 2.24. The van der Waals surface area contributed by atoms with Crippen molar-refractivity contribution in [3.8, 4) is 0 Å². The van der Waals surface area contributed by atoms with E-state index in [1.54, 1.807) is 6.92 Å². The Morgan fingerprint density at radius 1 is 1.69 bits per heavy atom. The van der Waals surface area contributed by atoms with Crippen molar-refractivity contribution >= 4 is 5.97 Å². The molecule has 0 heterocycles. The summed E-state index contributed by atoms with van der Waals surface area (Å²) in [5, 5.41) is 8.81. The smallest absolute Gasteiger partial charge is 0.324 e. The van der Waals surface area contributed by atoms with Crippen LogP contribution in [0.4, 0.5) is 0 Å². The molecule has 4 nitrogen and oxygen atoms in total. The van der Waals surface area contributed by atoms with E-state index in [-0.39, 0.29) is 0 Å². The van der Waals surface area contributed by atoms with E-state index in [1.807, 2.05) is 7.05 Å². The van der Waals surface area contributed by atoms with E-state index in [2.05, 4.69) is 4.90 Å². The van der Waals surface area contributed by atoms with Gasteiger partial charge in [0.25, 0.3) is 0 Å². The number of nitrogens with two attached hydrogens (primary N) is 1. The third kappa shape index (κ3) is 2.42. The van der Waals surface area contributed by atoms with Gasteiger partial charge < -0.3 is 15.7 Å². The first-order valence-electron chi connectivity index (χ1n) is 4.66. The van der Waals surface area contributed by atoms with Crippen LogP contribution in [0, 0.1) is 0 Å². The number of nitrogens with zero attached hydrogens (tertiary/aromatic N) is 1. The Kier molecular flexibility index (Phi) is 2.93. The standard InChI is InChI=1S/C9H18N2O2/c1-9(10,8(12)13)6-11(2)7-4-3-5-7/h7H,3-6,10H2,1-2H3,(H,12,13). The third-order valence-electron chi connectivity index (χ3n) is 2.76. The molecule has 0 bridgehead atoms. The van der Waals surface area contributed by atoms with Gasteiger partial charge >= 0.3 is 5.97 Å². The van der Waals surface area contributed by atoms with Crippen molar-refractivity contribution in [3.63, 3.8) is 0 Å². The first kappa shape index (κ1) is 10.5. The van der Waals surface area contributed by atoms with E-state index >= 15 is 0 Å². The van der Waals surface area contributed by atoms with Crippen molar-refractivity contribution < 1.29 is 9.90 Å². The lowest BCUT2D eigenvalue weighted by molar-refractivity contribution is -0.143. The predicted octanol–water partition coefficient (Wildman–Crippen LogP) is 0.273. The van der Waals surface area contributed by atoms with E-state index < -0.39 is 11.5 Å². The van der Waals surface area contributed by atoms with Crippen LogP contribution in [-0.2, 0) is 4.79 Å². The van der Waals surface area contributed by atoms with E-state index in [0.717, 1.165) is 0 Å². The maximum absolute atomic E-state index is 10.7. The summed E-state index contributed by atoms with van der Waals surface area (Å²) in [4.78, 5) is 12.8. The fourth-order valence-electron chi connectivity index (χ4n) is 1.54. The minimum atomic E-state index is -1.12. The summed E-state index contributed by atoms with van der Waals surface area (Å²) >= 11 is 0. The zero-order valence-corrected chi connectivity index (χ0v) is 8.29. The lowest BCUT2D eigenvalue weighted by Crippen LogP contribution is -2.55. The summed E-state index contributed by atoms with van der Waals surface area (Å²) in [6.07, 6.45) is 3.60. The Hall–Kier alpha value is -0.610. The molecule has 1 fully saturated rings. The molecule has 1 atom stereocenters. The molecular weight excluding hydrogens is 168 g/mol. The van der Waals surface area contributed by atoms with Crippen molar-refractivity contribution in [2.45, 2.75) is 37.8 Å². The average molecular weight is 186 g/mol. The average Bonchev–Trinajstić information content (AvgIpc) is 1.80. The van der Waals surface area contributed by atoms with Crippen LogP contribution in [0.15, 0.2) is 0 Å². The molecule has 3 N–H and O–H groups in total. The Bertz CT molecular complexity index is 200. The largest absolute Gasteiger partial charge is 0.480 e. The summed E-state index contributed by atoms with van der Waals surface area (Å²) in [6, 6.07) is 0.544. The van der Waals surface area contributed by atoms with Gasteiger partial charge in [0.15, 0.2) is 0 Å². The molecule has 1 saturated carbocycles. The summed E-state index contributed by atoms with van der Waals surface area (Å²) in [5.74, 6) is -0.932. The number of hydrogen-bond acceptors (Lipinski definition) is 3. The van der Waals surface area contributed by atoms with Gasteiger partial charge in [0.05, 0.1) is 0 Å². The van der Waals surface area contributed by atoms with Gasteiger partial charge in [0.2, 0.25) is 0 Å². The molecule has 1 unspecified atom stereocenters. The first-order chi connectivity index (χ1) is 5.93. The fourth-order valence-corrected chi connectivity index (χ4v) is 1.54. The molecule has 0 radical (unpaired) electrons. The third-order valence-corrected chi connectivity index (χ3v) is 2.76. The Labute approximate surface area is 78.7 Å². The molecule has 0 aromatic heterocycles. The van der Waals surface area contributed by atoms with Gasteiger partial charge in [0.1, 0.15) is 5.54 Å². The first-order valence-corrected chi connectivity index (χ1v) is 4.66. The molecular formula is C9H18N2O2. The van der Waals surface area contributed by atoms with Gasteiger partial charge in [0, 0.05) is 12.6 Å². The molecule has 4 heteroatoms. The molecule has 0 spiro atoms. The molecule has 1 aliphatic carbocycles. The van der Waals surface area contributed by atoms with Crippen LogP contribution in [-0.4, -0.2) is 41.1 Å². The molecule has 76 valence electrons. The van der Waals surface area contributed by atoms with E-state index in [9.17, 15) is 4.79 Å². The van der Waals surface area contributed by atoms with Gasteiger partial charge in [-0.3, -0.25) is 4.79 Å². The summed E-state index contributed by atoms with van der Waals surface area (Å²) in [5.41, 5.74) is 4.52. The molecule has 0 saturated heterocycles. The van der Waals surface area contributed by atoms with Gasteiger partial charge in [-0.1, -0.05) is 6.42 Å². The van der Waals surface area contributed by atoms with Crippen molar-refractivity contribution in [2.75, 3.05) is 13.6 Å². The van der Waals surface area contributed by atoms with Crippen LogP contribution in [0.5, 0.6) is 0 Å². The second kappa shape index (κ2) is 3.64. The Balaban J connectivity index is 2.41. The molecule has 1 rings (SSSR count). The number of likely N-dealkylation sites (N-methyl/N-ethyl adjacent to an activating group) is 1. The van der Waals surface area contributed by atoms with Gasteiger partial charge in [-0.15, -0.1) is 0 Å². The van der Waals surface area contributed by atoms with Crippen LogP contribution >= 0.6 is 0 Å². The number of aliphatic carboxylic acids is 1. The minimum absolute atomic E-state index is 0.424. The minimum Gasteiger partial charge on any atom is -0.480 e. The topological polar surface area (TPSA) is 66.6 Å². The maximum Gasteiger partial charge on any atom is 0.324 e. The quantitative estimate of drug-likeness (QED) is 0.661. The second-order valence-electron chi connectivity index (χ2n) is 4.22. The van der Waals surface area contributed by atoms with Crippen LogP contribution in [0.3, 0.4) is 0 Å². The Morgan fingerprint density at radius 3 is 2.54 bits per heavy atom. The van der Waals surface area contributed by atoms with Crippen LogP contribution in [0.25, 0.3) is 0 Å². The Morgan fingerprint density at radius 2 is 2.23 bits per heavy atom. The molecule has 0 amide bonds. The van der Waals surface area contributed by atoms with Crippen molar-refractivity contribution in [1.82, 2.24) is 4.90 Å². The van der Waals surface area contributed by atoms with E-state index in [1.165, 1.54) is 19.3 Å². The zero-order valence-electron chi connectivity index (χ0n) is 8.29. The number of carboxylic acid groups (broad SMARTS) is 1. The van der Waals surface area contributed by atoms with E-state index in [0.29, 0.717) is 12.6 Å². The molecule has 1 aliphatic rings. The monoisotopic (exact) mass is 186 g/mol. The SMILES string of the molecule is CN(CC(C)(N)C(=O)O)C1CCC1. The van der Waals surface area contributed by atoms with Crippen molar-refractivity contribution in [1.29, 1.82) is 0 Å². The molecule has 13 heavy (non-hydrogen) atoms. The van der Waals surface area contributed by atoms with Crippen LogP contribution in [0.2, 0.25) is 0 Å². The summed E-state index contributed by atoms with van der Waals surface area (Å²) in [7, 11) is 1.94. The van der Waals surface area contributed by atoms with Gasteiger partial charge in [-0.25, -0.2) is 0 Å². The van der Waals surface area contributed by atoms with Crippen molar-refractivity contribution in [3.05, 3.63) is 0 Å². The van der Waals surface area contributed by atoms with Gasteiger partial charge in [-0.2, -0.15) is 0 Å². The molecule has 0 aromatic rings. The fraction of sp³-hybridized carbons (Fsp3) is 0.889. The summed E-state index contributed by atoms with van der Waals surface area (Å²) < 4.78 is 0. The normalized spacial score (nSPS) is 22.5. The number of carbonyl (C=O) groups is 1. The predicted molar refractivity (Wildman–Crippen MR) is 50.5 cm³/mol. The lowest BCUT2D eigenvalue weighted by Gasteiger charge is -2.37. The number of hydrogen-bond donors (Lipinski definition) is 2. The maximum atomic E-state index is 10.7. The second-order valence-corrected chi connectivity index (χ2v) is 4.22. The number of rotatable bonds is 4. The zero-order chi connectivity index (χ0) is 10.1. The highest BCUT2D eigenvalue weighted by Gasteiger charge is 2.33. The van der Waals surface area contributed by atoms with Crippen LogP contribution in [0.1, 0.15) is 26.2 Å². The van der Waals surface area contributed by atoms with E-state index in [4.69, 9.17) is 10.8 Å². The molecule has 0 aromatic carbocycles. The van der Waals surface area contributed by atoms with Crippen LogP contribution < -0.4 is 5.73 Å². The van der Waals surface area contributed by atoms with Gasteiger partial charge in [-0.05, 0) is 26.8 Å². The lowest BCUT2D eigenvalue weighted by atomic mass is 9.90. The number of carboxylic acids is 1. The molecule has 0 aliphatic heterocycles. The summed E-state index contributed by atoms with van der Waals surface area (Å²) in [6.45, 7) is 1.98. The highest BCUT2D eigenvalue weighted by atomic mass is 16.4. The highest BCUT2D eigenvalue weighted by molar-refractivity contribution is 5.78.